The molecule has 1 aromatic carbocycles. The summed E-state index contributed by atoms with van der Waals surface area (Å²) in [5.74, 6) is 0.495. The van der Waals surface area contributed by atoms with Crippen molar-refractivity contribution in [1.82, 2.24) is 9.78 Å². The van der Waals surface area contributed by atoms with Gasteiger partial charge in [0, 0.05) is 18.6 Å². The number of halogens is 3. The van der Waals surface area contributed by atoms with E-state index in [-0.39, 0.29) is 21.6 Å². The summed E-state index contributed by atoms with van der Waals surface area (Å²) in [5.41, 5.74) is -0.321. The molecule has 2 aromatic rings. The van der Waals surface area contributed by atoms with Gasteiger partial charge in [0.25, 0.3) is 5.56 Å². The Hall–Kier alpha value is -1.96. The summed E-state index contributed by atoms with van der Waals surface area (Å²) in [6.45, 7) is 0.687. The number of carbonyl (C=O) groups excluding carboxylic acids is 1. The fourth-order valence-electron chi connectivity index (χ4n) is 2.16. The van der Waals surface area contributed by atoms with Gasteiger partial charge in [-0.05, 0) is 0 Å². The van der Waals surface area contributed by atoms with Gasteiger partial charge in [0.15, 0.2) is 11.5 Å². The largest absolute Gasteiger partial charge is 0.490 e. The summed E-state index contributed by atoms with van der Waals surface area (Å²) < 4.78 is 12.0. The standard InChI is InChI=1S/C15H12Cl3N3O4/c16-8-4-11-12(25-3-1-2-24-11)5-10(8)20-13(22)7-21-15(23)14(18)9(17)6-19-21/h4-6H,1-3,7H2,(H,20,22). The molecule has 0 radical (unpaired) electrons. The number of aromatic nitrogens is 2. The maximum absolute atomic E-state index is 12.2. The number of rotatable bonds is 3. The van der Waals surface area contributed by atoms with Gasteiger partial charge in [-0.25, -0.2) is 4.68 Å². The van der Waals surface area contributed by atoms with E-state index in [0.717, 1.165) is 11.1 Å². The van der Waals surface area contributed by atoms with Gasteiger partial charge >= 0.3 is 0 Å². The second kappa shape index (κ2) is 7.51. The number of ether oxygens (including phenoxy) is 2. The van der Waals surface area contributed by atoms with Crippen LogP contribution in [0.15, 0.2) is 23.1 Å². The minimum absolute atomic E-state index is 0.0225. The maximum Gasteiger partial charge on any atom is 0.287 e. The second-order valence-corrected chi connectivity index (χ2v) is 6.34. The van der Waals surface area contributed by atoms with Crippen molar-refractivity contribution >= 4 is 46.4 Å². The molecule has 1 aromatic heterocycles. The molecule has 1 N–H and O–H groups in total. The van der Waals surface area contributed by atoms with Crippen molar-refractivity contribution in [3.8, 4) is 11.5 Å². The Kier molecular flexibility index (Phi) is 5.36. The first-order valence-corrected chi connectivity index (χ1v) is 8.39. The van der Waals surface area contributed by atoms with Crippen molar-refractivity contribution in [1.29, 1.82) is 0 Å². The smallest absolute Gasteiger partial charge is 0.287 e. The first kappa shape index (κ1) is 17.8. The average Bonchev–Trinajstić information content (AvgIpc) is 2.81. The first-order valence-electron chi connectivity index (χ1n) is 7.26. The lowest BCUT2D eigenvalue weighted by molar-refractivity contribution is -0.117. The van der Waals surface area contributed by atoms with Crippen LogP contribution < -0.4 is 20.3 Å². The highest BCUT2D eigenvalue weighted by atomic mass is 35.5. The van der Waals surface area contributed by atoms with Gasteiger partial charge in [0.2, 0.25) is 5.91 Å². The highest BCUT2D eigenvalue weighted by molar-refractivity contribution is 6.41. The summed E-state index contributed by atoms with van der Waals surface area (Å²) in [5, 5.41) is 6.49. The predicted octanol–water partition coefficient (Wildman–Crippen LogP) is 3.00. The van der Waals surface area contributed by atoms with E-state index in [4.69, 9.17) is 44.3 Å². The molecule has 0 fully saturated rings. The van der Waals surface area contributed by atoms with E-state index in [1.54, 1.807) is 12.1 Å². The molecule has 0 spiro atoms. The molecule has 0 saturated carbocycles. The van der Waals surface area contributed by atoms with Crippen LogP contribution in [0.5, 0.6) is 11.5 Å². The molecular formula is C15H12Cl3N3O4. The van der Waals surface area contributed by atoms with Crippen molar-refractivity contribution in [3.05, 3.63) is 43.8 Å². The van der Waals surface area contributed by atoms with E-state index >= 15 is 0 Å². The van der Waals surface area contributed by atoms with Crippen LogP contribution in [0.3, 0.4) is 0 Å². The van der Waals surface area contributed by atoms with Gasteiger partial charge in [-0.15, -0.1) is 0 Å². The molecule has 0 saturated heterocycles. The molecule has 25 heavy (non-hydrogen) atoms. The zero-order valence-corrected chi connectivity index (χ0v) is 15.0. The Bertz CT molecular complexity index is 885. The summed E-state index contributed by atoms with van der Waals surface area (Å²) in [7, 11) is 0. The lowest BCUT2D eigenvalue weighted by Gasteiger charge is -2.13. The van der Waals surface area contributed by atoms with Crippen LogP contribution in [0.4, 0.5) is 5.69 Å². The molecule has 0 unspecified atom stereocenters. The van der Waals surface area contributed by atoms with Crippen LogP contribution in [0.1, 0.15) is 6.42 Å². The Balaban J connectivity index is 1.78. The minimum atomic E-state index is -0.658. The minimum Gasteiger partial charge on any atom is -0.490 e. The number of amides is 1. The number of carbonyl (C=O) groups is 1. The maximum atomic E-state index is 12.2. The number of hydrogen-bond donors (Lipinski definition) is 1. The van der Waals surface area contributed by atoms with E-state index in [9.17, 15) is 9.59 Å². The van der Waals surface area contributed by atoms with Crippen LogP contribution >= 0.6 is 34.8 Å². The Morgan fingerprint density at radius 3 is 2.56 bits per heavy atom. The molecule has 1 aliphatic heterocycles. The molecule has 7 nitrogen and oxygen atoms in total. The van der Waals surface area contributed by atoms with Gasteiger partial charge in [-0.1, -0.05) is 34.8 Å². The number of hydrogen-bond acceptors (Lipinski definition) is 5. The van der Waals surface area contributed by atoms with E-state index in [2.05, 4.69) is 10.4 Å². The molecular weight excluding hydrogens is 393 g/mol. The normalized spacial score (nSPS) is 13.2. The van der Waals surface area contributed by atoms with Crippen molar-refractivity contribution < 1.29 is 14.3 Å². The van der Waals surface area contributed by atoms with Crippen LogP contribution in [0.2, 0.25) is 15.1 Å². The van der Waals surface area contributed by atoms with Crippen molar-refractivity contribution in [3.63, 3.8) is 0 Å². The second-order valence-electron chi connectivity index (χ2n) is 5.15. The Morgan fingerprint density at radius 2 is 1.84 bits per heavy atom. The fraction of sp³-hybridized carbons (Fsp3) is 0.267. The zero-order valence-electron chi connectivity index (χ0n) is 12.7. The number of fused-ring (bicyclic) bond motifs is 1. The average molecular weight is 405 g/mol. The topological polar surface area (TPSA) is 82.5 Å². The summed E-state index contributed by atoms with van der Waals surface area (Å²) in [4.78, 5) is 24.1. The van der Waals surface area contributed by atoms with Crippen molar-refractivity contribution in [2.75, 3.05) is 18.5 Å². The monoisotopic (exact) mass is 403 g/mol. The van der Waals surface area contributed by atoms with Gasteiger partial charge in [-0.3, -0.25) is 9.59 Å². The van der Waals surface area contributed by atoms with Crippen LogP contribution in [0.25, 0.3) is 0 Å². The third-order valence-corrected chi connectivity index (χ3v) is 4.41. The van der Waals surface area contributed by atoms with Crippen molar-refractivity contribution in [2.45, 2.75) is 13.0 Å². The lowest BCUT2D eigenvalue weighted by atomic mass is 10.2. The number of benzene rings is 1. The molecule has 1 aliphatic rings. The van der Waals surface area contributed by atoms with E-state index < -0.39 is 11.5 Å². The molecule has 0 atom stereocenters. The molecule has 2 heterocycles. The molecule has 0 aliphatic carbocycles. The third kappa shape index (κ3) is 4.00. The fourth-order valence-corrected chi connectivity index (χ4v) is 2.63. The summed E-state index contributed by atoms with van der Waals surface area (Å²) in [6, 6.07) is 3.15. The Morgan fingerprint density at radius 1 is 1.16 bits per heavy atom. The molecule has 3 rings (SSSR count). The highest BCUT2D eigenvalue weighted by Crippen LogP contribution is 2.37. The SMILES string of the molecule is O=C(Cn1ncc(Cl)c(Cl)c1=O)Nc1cc2c(cc1Cl)OCCCO2. The first-order chi connectivity index (χ1) is 12.0. The summed E-state index contributed by atoms with van der Waals surface area (Å²) >= 11 is 17.6. The molecule has 10 heteroatoms. The van der Waals surface area contributed by atoms with Crippen LogP contribution in [0, 0.1) is 0 Å². The van der Waals surface area contributed by atoms with Crippen LogP contribution in [-0.2, 0) is 11.3 Å². The molecule has 132 valence electrons. The van der Waals surface area contributed by atoms with E-state index in [0.29, 0.717) is 30.4 Å². The van der Waals surface area contributed by atoms with E-state index in [1.165, 1.54) is 6.20 Å². The summed E-state index contributed by atoms with van der Waals surface area (Å²) in [6.07, 6.45) is 1.94. The predicted molar refractivity (Wildman–Crippen MR) is 94.2 cm³/mol. The van der Waals surface area contributed by atoms with Crippen molar-refractivity contribution in [2.24, 2.45) is 0 Å². The van der Waals surface area contributed by atoms with E-state index in [1.807, 2.05) is 0 Å². The lowest BCUT2D eigenvalue weighted by Crippen LogP contribution is -2.29. The van der Waals surface area contributed by atoms with Gasteiger partial charge in [0.1, 0.15) is 11.6 Å². The number of nitrogens with zero attached hydrogens (tertiary/aromatic N) is 2. The number of anilines is 1. The van der Waals surface area contributed by atoms with Gasteiger partial charge in [-0.2, -0.15) is 5.10 Å². The molecule has 1 amide bonds. The number of nitrogens with one attached hydrogen (secondary N) is 1. The quantitative estimate of drug-likeness (QED) is 0.850. The highest BCUT2D eigenvalue weighted by Gasteiger charge is 2.17. The van der Waals surface area contributed by atoms with Crippen LogP contribution in [-0.4, -0.2) is 28.9 Å². The van der Waals surface area contributed by atoms with Gasteiger partial charge < -0.3 is 14.8 Å². The third-order valence-electron chi connectivity index (χ3n) is 3.35. The zero-order chi connectivity index (χ0) is 18.0. The van der Waals surface area contributed by atoms with Gasteiger partial charge in [0.05, 0.1) is 35.1 Å². The Labute approximate surface area is 157 Å². The molecule has 0 bridgehead atoms.